The molecule has 0 spiro atoms. The SMILES string of the molecule is CC(N)(C(=O)N1CCS(=O)(=O)C(C)(C)C1)c1ccccc1. The van der Waals surface area contributed by atoms with Crippen molar-refractivity contribution in [3.63, 3.8) is 0 Å². The standard InChI is InChI=1S/C15H22N2O3S/c1-14(2)11-17(9-10-21(14,19)20)13(18)15(3,16)12-7-5-4-6-8-12/h4-8H,9-11,16H2,1-3H3. The zero-order chi connectivity index (χ0) is 15.9. The summed E-state index contributed by atoms with van der Waals surface area (Å²) >= 11 is 0. The lowest BCUT2D eigenvalue weighted by atomic mass is 9.91. The molecule has 6 heteroatoms. The van der Waals surface area contributed by atoms with Crippen molar-refractivity contribution >= 4 is 15.7 Å². The third kappa shape index (κ3) is 2.82. The summed E-state index contributed by atoms with van der Waals surface area (Å²) in [6.07, 6.45) is 0. The van der Waals surface area contributed by atoms with Crippen LogP contribution in [0.4, 0.5) is 0 Å². The van der Waals surface area contributed by atoms with Gasteiger partial charge in [0.2, 0.25) is 5.91 Å². The lowest BCUT2D eigenvalue weighted by Gasteiger charge is -2.40. The summed E-state index contributed by atoms with van der Waals surface area (Å²) in [4.78, 5) is 14.3. The number of rotatable bonds is 2. The van der Waals surface area contributed by atoms with E-state index in [2.05, 4.69) is 0 Å². The normalized spacial score (nSPS) is 23.3. The van der Waals surface area contributed by atoms with E-state index in [0.717, 1.165) is 5.56 Å². The van der Waals surface area contributed by atoms with Crippen LogP contribution in [0.25, 0.3) is 0 Å². The number of nitrogens with two attached hydrogens (primary N) is 1. The van der Waals surface area contributed by atoms with Gasteiger partial charge in [-0.3, -0.25) is 4.79 Å². The van der Waals surface area contributed by atoms with Gasteiger partial charge >= 0.3 is 0 Å². The van der Waals surface area contributed by atoms with E-state index in [-0.39, 0.29) is 24.7 Å². The molecule has 1 fully saturated rings. The van der Waals surface area contributed by atoms with E-state index in [1.165, 1.54) is 0 Å². The van der Waals surface area contributed by atoms with Gasteiger partial charge in [-0.15, -0.1) is 0 Å². The Balaban J connectivity index is 2.26. The lowest BCUT2D eigenvalue weighted by Crippen LogP contribution is -2.60. The van der Waals surface area contributed by atoms with Gasteiger partial charge in [-0.2, -0.15) is 0 Å². The van der Waals surface area contributed by atoms with Crippen molar-refractivity contribution in [1.29, 1.82) is 0 Å². The van der Waals surface area contributed by atoms with Crippen LogP contribution >= 0.6 is 0 Å². The molecule has 1 aromatic rings. The molecule has 1 aliphatic heterocycles. The van der Waals surface area contributed by atoms with Crippen LogP contribution in [-0.4, -0.2) is 42.8 Å². The molecule has 0 aliphatic carbocycles. The van der Waals surface area contributed by atoms with Gasteiger partial charge in [0, 0.05) is 13.1 Å². The van der Waals surface area contributed by atoms with E-state index in [4.69, 9.17) is 5.73 Å². The summed E-state index contributed by atoms with van der Waals surface area (Å²) in [6.45, 7) is 5.34. The molecule has 2 N–H and O–H groups in total. The molecule has 1 heterocycles. The number of carbonyl (C=O) groups excluding carboxylic acids is 1. The maximum Gasteiger partial charge on any atom is 0.247 e. The first-order valence-electron chi connectivity index (χ1n) is 6.94. The fourth-order valence-electron chi connectivity index (χ4n) is 2.55. The molecule has 21 heavy (non-hydrogen) atoms. The highest BCUT2D eigenvalue weighted by Gasteiger charge is 2.44. The first kappa shape index (κ1) is 16.0. The molecule has 0 aromatic heterocycles. The molecule has 1 aromatic carbocycles. The number of benzene rings is 1. The van der Waals surface area contributed by atoms with Crippen molar-refractivity contribution in [3.8, 4) is 0 Å². The van der Waals surface area contributed by atoms with Crippen molar-refractivity contribution in [2.24, 2.45) is 5.73 Å². The Kier molecular flexibility index (Phi) is 3.88. The molecule has 5 nitrogen and oxygen atoms in total. The number of hydrogen-bond acceptors (Lipinski definition) is 4. The average Bonchev–Trinajstić information content (AvgIpc) is 2.42. The first-order valence-corrected chi connectivity index (χ1v) is 8.59. The Morgan fingerprint density at radius 2 is 1.86 bits per heavy atom. The van der Waals surface area contributed by atoms with E-state index < -0.39 is 20.1 Å². The van der Waals surface area contributed by atoms with Crippen molar-refractivity contribution in [3.05, 3.63) is 35.9 Å². The quantitative estimate of drug-likeness (QED) is 0.880. The Hall–Kier alpha value is -1.40. The first-order chi connectivity index (χ1) is 9.58. The molecular formula is C15H22N2O3S. The molecule has 1 amide bonds. The maximum absolute atomic E-state index is 12.7. The summed E-state index contributed by atoms with van der Waals surface area (Å²) in [5.41, 5.74) is 5.80. The summed E-state index contributed by atoms with van der Waals surface area (Å²) in [5, 5.41) is 0. The van der Waals surface area contributed by atoms with Gasteiger partial charge in [0.1, 0.15) is 5.54 Å². The molecule has 1 unspecified atom stereocenters. The van der Waals surface area contributed by atoms with Gasteiger partial charge in [0.15, 0.2) is 9.84 Å². The largest absolute Gasteiger partial charge is 0.338 e. The van der Waals surface area contributed by atoms with Crippen molar-refractivity contribution in [1.82, 2.24) is 4.90 Å². The van der Waals surface area contributed by atoms with Gasteiger partial charge in [0.25, 0.3) is 0 Å². The van der Waals surface area contributed by atoms with Crippen molar-refractivity contribution < 1.29 is 13.2 Å². The van der Waals surface area contributed by atoms with Crippen LogP contribution in [0.2, 0.25) is 0 Å². The highest BCUT2D eigenvalue weighted by atomic mass is 32.2. The van der Waals surface area contributed by atoms with Crippen LogP contribution in [-0.2, 0) is 20.2 Å². The number of nitrogens with zero attached hydrogens (tertiary/aromatic N) is 1. The monoisotopic (exact) mass is 310 g/mol. The predicted molar refractivity (Wildman–Crippen MR) is 82.4 cm³/mol. The third-order valence-electron chi connectivity index (χ3n) is 4.15. The Labute approximate surface area is 126 Å². The summed E-state index contributed by atoms with van der Waals surface area (Å²) in [7, 11) is -3.17. The van der Waals surface area contributed by atoms with Gasteiger partial charge in [-0.25, -0.2) is 8.42 Å². The predicted octanol–water partition coefficient (Wildman–Crippen LogP) is 0.896. The van der Waals surface area contributed by atoms with Crippen LogP contribution in [0, 0.1) is 0 Å². The fourth-order valence-corrected chi connectivity index (χ4v) is 3.92. The zero-order valence-electron chi connectivity index (χ0n) is 12.7. The zero-order valence-corrected chi connectivity index (χ0v) is 13.5. The fraction of sp³-hybridized carbons (Fsp3) is 0.533. The van der Waals surface area contributed by atoms with Crippen LogP contribution < -0.4 is 5.73 Å². The Morgan fingerprint density at radius 1 is 1.29 bits per heavy atom. The van der Waals surface area contributed by atoms with Crippen molar-refractivity contribution in [2.45, 2.75) is 31.1 Å². The number of sulfone groups is 1. The third-order valence-corrected chi connectivity index (χ3v) is 6.68. The minimum atomic E-state index is -3.17. The molecule has 116 valence electrons. The second kappa shape index (κ2) is 5.10. The lowest BCUT2D eigenvalue weighted by molar-refractivity contribution is -0.137. The van der Waals surface area contributed by atoms with Gasteiger partial charge in [-0.05, 0) is 26.3 Å². The van der Waals surface area contributed by atoms with Crippen LogP contribution in [0.5, 0.6) is 0 Å². The van der Waals surface area contributed by atoms with E-state index in [0.29, 0.717) is 0 Å². The minimum Gasteiger partial charge on any atom is -0.338 e. The van der Waals surface area contributed by atoms with E-state index >= 15 is 0 Å². The van der Waals surface area contributed by atoms with E-state index in [1.54, 1.807) is 25.7 Å². The number of amides is 1. The number of carbonyl (C=O) groups is 1. The second-order valence-electron chi connectivity index (χ2n) is 6.37. The van der Waals surface area contributed by atoms with Gasteiger partial charge < -0.3 is 10.6 Å². The van der Waals surface area contributed by atoms with E-state index in [1.807, 2.05) is 30.3 Å². The molecule has 1 aliphatic rings. The molecular weight excluding hydrogens is 288 g/mol. The van der Waals surface area contributed by atoms with Crippen LogP contribution in [0.1, 0.15) is 26.3 Å². The Bertz CT molecular complexity index is 636. The smallest absolute Gasteiger partial charge is 0.247 e. The van der Waals surface area contributed by atoms with Crippen LogP contribution in [0.3, 0.4) is 0 Å². The highest BCUT2D eigenvalue weighted by Crippen LogP contribution is 2.27. The van der Waals surface area contributed by atoms with E-state index in [9.17, 15) is 13.2 Å². The summed E-state index contributed by atoms with van der Waals surface area (Å²) in [6, 6.07) is 9.14. The average molecular weight is 310 g/mol. The van der Waals surface area contributed by atoms with Crippen molar-refractivity contribution in [2.75, 3.05) is 18.8 Å². The highest BCUT2D eigenvalue weighted by molar-refractivity contribution is 7.92. The molecule has 0 bridgehead atoms. The molecule has 1 atom stereocenters. The minimum absolute atomic E-state index is 0.0173. The summed E-state index contributed by atoms with van der Waals surface area (Å²) in [5.74, 6) is -0.256. The van der Waals surface area contributed by atoms with Crippen LogP contribution in [0.15, 0.2) is 30.3 Å². The molecule has 2 rings (SSSR count). The molecule has 0 saturated carbocycles. The second-order valence-corrected chi connectivity index (χ2v) is 9.12. The van der Waals surface area contributed by atoms with Gasteiger partial charge in [0.05, 0.1) is 10.5 Å². The maximum atomic E-state index is 12.7. The molecule has 0 radical (unpaired) electrons. The summed E-state index contributed by atoms with van der Waals surface area (Å²) < 4.78 is 23.1. The number of hydrogen-bond donors (Lipinski definition) is 1. The van der Waals surface area contributed by atoms with Gasteiger partial charge in [-0.1, -0.05) is 30.3 Å². The Morgan fingerprint density at radius 3 is 2.38 bits per heavy atom. The molecule has 1 saturated heterocycles. The topological polar surface area (TPSA) is 80.5 Å².